The molecule has 0 spiro atoms. The number of hydrogen-bond acceptors (Lipinski definition) is 4. The molecule has 1 unspecified atom stereocenters. The van der Waals surface area contributed by atoms with Crippen LogP contribution in [0.2, 0.25) is 0 Å². The molecule has 1 aliphatic heterocycles. The minimum Gasteiger partial charge on any atom is -0.375 e. The van der Waals surface area contributed by atoms with Crippen molar-refractivity contribution in [2.24, 2.45) is 0 Å². The summed E-state index contributed by atoms with van der Waals surface area (Å²) in [6.07, 6.45) is 0.229. The van der Waals surface area contributed by atoms with Crippen LogP contribution in [0.5, 0.6) is 0 Å². The first-order chi connectivity index (χ1) is 11.2. The van der Waals surface area contributed by atoms with Gasteiger partial charge in [-0.15, -0.1) is 0 Å². The predicted molar refractivity (Wildman–Crippen MR) is 88.5 cm³/mol. The van der Waals surface area contributed by atoms with Crippen molar-refractivity contribution in [3.63, 3.8) is 0 Å². The van der Waals surface area contributed by atoms with Gasteiger partial charge in [0.2, 0.25) is 0 Å². The van der Waals surface area contributed by atoms with Crippen LogP contribution >= 0.6 is 0 Å². The molecule has 1 N–H and O–H groups in total. The summed E-state index contributed by atoms with van der Waals surface area (Å²) in [5.74, 6) is -0.517. The summed E-state index contributed by atoms with van der Waals surface area (Å²) in [4.78, 5) is 2.28. The van der Waals surface area contributed by atoms with E-state index in [0.717, 1.165) is 31.1 Å². The monoisotopic (exact) mass is 311 g/mol. The minimum atomic E-state index is -0.517. The van der Waals surface area contributed by atoms with E-state index in [2.05, 4.69) is 17.1 Å². The molecule has 1 aliphatic rings. The Labute approximate surface area is 135 Å². The molecule has 0 saturated carbocycles. The fraction of sp³-hybridized carbons (Fsp3) is 0.278. The first kappa shape index (κ1) is 15.3. The summed E-state index contributed by atoms with van der Waals surface area (Å²) in [5.41, 5.74) is 2.45. The summed E-state index contributed by atoms with van der Waals surface area (Å²) in [6, 6.07) is 14.4. The van der Waals surface area contributed by atoms with E-state index in [0.29, 0.717) is 5.69 Å². The van der Waals surface area contributed by atoms with Crippen LogP contribution in [0.4, 0.5) is 21.5 Å². The van der Waals surface area contributed by atoms with Gasteiger partial charge < -0.3 is 15.0 Å². The van der Waals surface area contributed by atoms with E-state index in [1.54, 1.807) is 12.1 Å². The fourth-order valence-electron chi connectivity index (χ4n) is 2.71. The van der Waals surface area contributed by atoms with Crippen LogP contribution in [0, 0.1) is 17.1 Å². The summed E-state index contributed by atoms with van der Waals surface area (Å²) in [5, 5.41) is 12.2. The highest BCUT2D eigenvalue weighted by molar-refractivity contribution is 5.68. The van der Waals surface area contributed by atoms with Crippen molar-refractivity contribution in [2.45, 2.75) is 13.0 Å². The van der Waals surface area contributed by atoms with Gasteiger partial charge in [0.25, 0.3) is 0 Å². The van der Waals surface area contributed by atoms with Crippen molar-refractivity contribution in [1.29, 1.82) is 5.26 Å². The first-order valence-corrected chi connectivity index (χ1v) is 7.59. The van der Waals surface area contributed by atoms with Crippen molar-refractivity contribution in [2.75, 3.05) is 29.9 Å². The lowest BCUT2D eigenvalue weighted by Crippen LogP contribution is -2.41. The average molecular weight is 311 g/mol. The quantitative estimate of drug-likeness (QED) is 0.939. The van der Waals surface area contributed by atoms with Gasteiger partial charge in [-0.05, 0) is 43.3 Å². The van der Waals surface area contributed by atoms with Gasteiger partial charge in [0.05, 0.1) is 18.4 Å². The molecule has 1 fully saturated rings. The van der Waals surface area contributed by atoms with E-state index in [9.17, 15) is 4.39 Å². The van der Waals surface area contributed by atoms with Gasteiger partial charge in [0, 0.05) is 24.5 Å². The van der Waals surface area contributed by atoms with Crippen LogP contribution < -0.4 is 10.2 Å². The topological polar surface area (TPSA) is 48.3 Å². The van der Waals surface area contributed by atoms with Crippen molar-refractivity contribution in [3.05, 3.63) is 53.8 Å². The first-order valence-electron chi connectivity index (χ1n) is 7.59. The molecule has 3 rings (SSSR count). The number of hydrogen-bond donors (Lipinski definition) is 1. The SMILES string of the molecule is CC1CN(c2ccc(Nc3cccc(F)c3C#N)cc2)CCO1. The molecule has 0 aromatic heterocycles. The van der Waals surface area contributed by atoms with Crippen molar-refractivity contribution in [3.8, 4) is 6.07 Å². The van der Waals surface area contributed by atoms with E-state index in [4.69, 9.17) is 10.00 Å². The molecule has 23 heavy (non-hydrogen) atoms. The van der Waals surface area contributed by atoms with Gasteiger partial charge in [-0.3, -0.25) is 0 Å². The molecule has 2 aromatic rings. The Kier molecular flexibility index (Phi) is 4.45. The zero-order chi connectivity index (χ0) is 16.2. The largest absolute Gasteiger partial charge is 0.375 e. The average Bonchev–Trinajstić information content (AvgIpc) is 2.56. The highest BCUT2D eigenvalue weighted by Crippen LogP contribution is 2.25. The van der Waals surface area contributed by atoms with Crippen molar-refractivity contribution in [1.82, 2.24) is 0 Å². The van der Waals surface area contributed by atoms with Gasteiger partial charge >= 0.3 is 0 Å². The van der Waals surface area contributed by atoms with Crippen LogP contribution in [0.25, 0.3) is 0 Å². The zero-order valence-electron chi connectivity index (χ0n) is 12.9. The van der Waals surface area contributed by atoms with E-state index in [1.165, 1.54) is 6.07 Å². The van der Waals surface area contributed by atoms with Crippen molar-refractivity contribution < 1.29 is 9.13 Å². The lowest BCUT2D eigenvalue weighted by atomic mass is 10.1. The smallest absolute Gasteiger partial charge is 0.143 e. The summed E-state index contributed by atoms with van der Waals surface area (Å²) in [7, 11) is 0. The maximum atomic E-state index is 13.6. The van der Waals surface area contributed by atoms with Gasteiger partial charge in [-0.25, -0.2) is 4.39 Å². The van der Waals surface area contributed by atoms with Gasteiger partial charge in [0.15, 0.2) is 0 Å². The Hall–Kier alpha value is -2.58. The second-order valence-corrected chi connectivity index (χ2v) is 5.57. The lowest BCUT2D eigenvalue weighted by Gasteiger charge is -2.33. The molecule has 118 valence electrons. The van der Waals surface area contributed by atoms with E-state index in [-0.39, 0.29) is 11.7 Å². The van der Waals surface area contributed by atoms with Crippen molar-refractivity contribution >= 4 is 17.1 Å². The lowest BCUT2D eigenvalue weighted by molar-refractivity contribution is 0.0532. The molecule has 0 radical (unpaired) electrons. The predicted octanol–water partition coefficient (Wildman–Crippen LogP) is 3.67. The van der Waals surface area contributed by atoms with E-state index in [1.807, 2.05) is 30.3 Å². The summed E-state index contributed by atoms with van der Waals surface area (Å²) in [6.45, 7) is 4.54. The number of halogens is 1. The molecule has 5 heteroatoms. The van der Waals surface area contributed by atoms with Gasteiger partial charge in [-0.1, -0.05) is 6.07 Å². The summed E-state index contributed by atoms with van der Waals surface area (Å²) < 4.78 is 19.2. The third-order valence-electron chi connectivity index (χ3n) is 3.88. The standard InChI is InChI=1S/C18H18FN3O/c1-13-12-22(9-10-23-13)15-7-5-14(6-8-15)21-18-4-2-3-17(19)16(18)11-20/h2-8,13,21H,9-10,12H2,1H3. The number of rotatable bonds is 3. The molecule has 2 aromatic carbocycles. The number of morpholine rings is 1. The third kappa shape index (κ3) is 3.43. The number of nitrogens with zero attached hydrogens (tertiary/aromatic N) is 2. The molecule has 1 heterocycles. The highest BCUT2D eigenvalue weighted by atomic mass is 19.1. The number of anilines is 3. The zero-order valence-corrected chi connectivity index (χ0v) is 12.9. The summed E-state index contributed by atoms with van der Waals surface area (Å²) >= 11 is 0. The molecular weight excluding hydrogens is 293 g/mol. The second-order valence-electron chi connectivity index (χ2n) is 5.57. The molecule has 0 aliphatic carbocycles. The normalized spacial score (nSPS) is 17.6. The van der Waals surface area contributed by atoms with Crippen LogP contribution in [0.3, 0.4) is 0 Å². The minimum absolute atomic E-state index is 0.0265. The molecule has 4 nitrogen and oxygen atoms in total. The van der Waals surface area contributed by atoms with Crippen LogP contribution in [0.1, 0.15) is 12.5 Å². The number of nitrogens with one attached hydrogen (secondary N) is 1. The number of benzene rings is 2. The van der Waals surface area contributed by atoms with Gasteiger partial charge in [0.1, 0.15) is 17.4 Å². The second kappa shape index (κ2) is 6.67. The Morgan fingerprint density at radius 3 is 2.74 bits per heavy atom. The van der Waals surface area contributed by atoms with Crippen LogP contribution in [-0.4, -0.2) is 25.8 Å². The Bertz CT molecular complexity index is 724. The van der Waals surface area contributed by atoms with Gasteiger partial charge in [-0.2, -0.15) is 5.26 Å². The Balaban J connectivity index is 1.76. The van der Waals surface area contributed by atoms with E-state index >= 15 is 0 Å². The number of ether oxygens (including phenoxy) is 1. The molecule has 0 amide bonds. The fourth-order valence-corrected chi connectivity index (χ4v) is 2.71. The molecular formula is C18H18FN3O. The van der Waals surface area contributed by atoms with E-state index < -0.39 is 5.82 Å². The highest BCUT2D eigenvalue weighted by Gasteiger charge is 2.16. The van der Waals surface area contributed by atoms with Crippen LogP contribution in [-0.2, 0) is 4.74 Å². The third-order valence-corrected chi connectivity index (χ3v) is 3.88. The molecule has 1 atom stereocenters. The maximum Gasteiger partial charge on any atom is 0.143 e. The molecule has 0 bridgehead atoms. The Morgan fingerprint density at radius 1 is 1.26 bits per heavy atom. The number of nitriles is 1. The Morgan fingerprint density at radius 2 is 2.04 bits per heavy atom. The molecule has 1 saturated heterocycles. The maximum absolute atomic E-state index is 13.6. The van der Waals surface area contributed by atoms with Crippen LogP contribution in [0.15, 0.2) is 42.5 Å².